The third kappa shape index (κ3) is 4.96. The van der Waals surface area contributed by atoms with Crippen molar-refractivity contribution >= 4 is 0 Å². The van der Waals surface area contributed by atoms with Gasteiger partial charge in [0.1, 0.15) is 23.0 Å². The van der Waals surface area contributed by atoms with E-state index in [9.17, 15) is 26.3 Å². The Bertz CT molecular complexity index is 824. The first-order valence-electron chi connectivity index (χ1n) is 10.1. The lowest BCUT2D eigenvalue weighted by atomic mass is 9.77. The normalized spacial score (nSPS) is 20.1. The maximum Gasteiger partial charge on any atom is 0.422 e. The van der Waals surface area contributed by atoms with Crippen molar-refractivity contribution < 1.29 is 26.3 Å². The van der Waals surface area contributed by atoms with Crippen LogP contribution in [0.1, 0.15) is 68.9 Å². The van der Waals surface area contributed by atoms with Crippen molar-refractivity contribution in [2.45, 2.75) is 64.0 Å². The molecule has 158 valence electrons. The van der Waals surface area contributed by atoms with Crippen LogP contribution in [0, 0.1) is 23.4 Å². The summed E-state index contributed by atoms with van der Waals surface area (Å²) >= 11 is 0. The van der Waals surface area contributed by atoms with Crippen molar-refractivity contribution in [2.75, 3.05) is 0 Å². The first-order chi connectivity index (χ1) is 13.7. The van der Waals surface area contributed by atoms with Gasteiger partial charge in [0, 0.05) is 5.56 Å². The molecular formula is C23H24F6. The molecule has 0 unspecified atom stereocenters. The summed E-state index contributed by atoms with van der Waals surface area (Å²) in [7, 11) is 0. The number of rotatable bonds is 5. The molecule has 0 bridgehead atoms. The molecule has 1 fully saturated rings. The van der Waals surface area contributed by atoms with Crippen LogP contribution >= 0.6 is 0 Å². The molecule has 2 aromatic rings. The monoisotopic (exact) mass is 414 g/mol. The first kappa shape index (κ1) is 21.7. The van der Waals surface area contributed by atoms with Gasteiger partial charge in [-0.3, -0.25) is 0 Å². The van der Waals surface area contributed by atoms with Crippen LogP contribution in [0.5, 0.6) is 0 Å². The fraction of sp³-hybridized carbons (Fsp3) is 0.478. The van der Waals surface area contributed by atoms with E-state index < -0.39 is 29.2 Å². The zero-order valence-electron chi connectivity index (χ0n) is 16.3. The molecule has 0 N–H and O–H groups in total. The molecule has 0 nitrogen and oxygen atoms in total. The molecule has 0 radical (unpaired) electrons. The van der Waals surface area contributed by atoms with Crippen molar-refractivity contribution in [3.05, 3.63) is 58.9 Å². The summed E-state index contributed by atoms with van der Waals surface area (Å²) in [6, 6.07) is 5.52. The van der Waals surface area contributed by atoms with Gasteiger partial charge in [-0.2, -0.15) is 13.2 Å². The van der Waals surface area contributed by atoms with E-state index in [4.69, 9.17) is 0 Å². The summed E-state index contributed by atoms with van der Waals surface area (Å²) in [6.45, 7) is 2.17. The van der Waals surface area contributed by atoms with E-state index >= 15 is 0 Å². The molecule has 0 atom stereocenters. The Labute approximate surface area is 166 Å². The molecule has 0 aliphatic heterocycles. The third-order valence-electron chi connectivity index (χ3n) is 5.91. The highest BCUT2D eigenvalue weighted by atomic mass is 19.4. The van der Waals surface area contributed by atoms with Gasteiger partial charge < -0.3 is 0 Å². The summed E-state index contributed by atoms with van der Waals surface area (Å²) in [5, 5.41) is 0. The van der Waals surface area contributed by atoms with Crippen LogP contribution in [-0.4, -0.2) is 0 Å². The average Bonchev–Trinajstić information content (AvgIpc) is 2.65. The van der Waals surface area contributed by atoms with Gasteiger partial charge in [0.05, 0.1) is 0 Å². The second kappa shape index (κ2) is 8.80. The molecule has 3 rings (SSSR count). The van der Waals surface area contributed by atoms with Gasteiger partial charge in [-0.15, -0.1) is 0 Å². The van der Waals surface area contributed by atoms with E-state index in [1.54, 1.807) is 6.07 Å². The minimum absolute atomic E-state index is 0.114. The summed E-state index contributed by atoms with van der Waals surface area (Å²) in [5.41, 5.74) is -1.50. The quantitative estimate of drug-likeness (QED) is 0.432. The third-order valence-corrected chi connectivity index (χ3v) is 5.91. The SMILES string of the molecule is CCCCC1CCC(c2ccc(-c3cc(F)c(C(F)(F)F)c(F)c3)c(F)c2)CC1. The van der Waals surface area contributed by atoms with E-state index in [1.165, 1.54) is 31.4 Å². The van der Waals surface area contributed by atoms with Gasteiger partial charge in [0.25, 0.3) is 0 Å². The topological polar surface area (TPSA) is 0 Å². The van der Waals surface area contributed by atoms with Crippen molar-refractivity contribution in [3.8, 4) is 11.1 Å². The van der Waals surface area contributed by atoms with Crippen molar-refractivity contribution in [2.24, 2.45) is 5.92 Å². The van der Waals surface area contributed by atoms with E-state index in [0.29, 0.717) is 18.1 Å². The number of hydrogen-bond acceptors (Lipinski definition) is 0. The maximum absolute atomic E-state index is 14.7. The summed E-state index contributed by atoms with van der Waals surface area (Å²) in [4.78, 5) is 0. The minimum Gasteiger partial charge on any atom is -0.206 e. The van der Waals surface area contributed by atoms with Crippen LogP contribution in [0.15, 0.2) is 30.3 Å². The zero-order valence-corrected chi connectivity index (χ0v) is 16.3. The molecule has 1 aliphatic rings. The van der Waals surface area contributed by atoms with E-state index in [-0.39, 0.29) is 17.0 Å². The van der Waals surface area contributed by atoms with Crippen molar-refractivity contribution in [1.29, 1.82) is 0 Å². The van der Waals surface area contributed by atoms with Gasteiger partial charge in [0.15, 0.2) is 0 Å². The zero-order chi connectivity index (χ0) is 21.2. The van der Waals surface area contributed by atoms with Gasteiger partial charge in [-0.05, 0) is 66.8 Å². The van der Waals surface area contributed by atoms with E-state index in [2.05, 4.69) is 6.92 Å². The number of hydrogen-bond donors (Lipinski definition) is 0. The highest BCUT2D eigenvalue weighted by Crippen LogP contribution is 2.40. The molecular weight excluding hydrogens is 390 g/mol. The molecule has 2 aromatic carbocycles. The van der Waals surface area contributed by atoms with Crippen molar-refractivity contribution in [3.63, 3.8) is 0 Å². The molecule has 29 heavy (non-hydrogen) atoms. The van der Waals surface area contributed by atoms with Crippen LogP contribution < -0.4 is 0 Å². The van der Waals surface area contributed by atoms with E-state index in [1.807, 2.05) is 0 Å². The summed E-state index contributed by atoms with van der Waals surface area (Å²) in [5.74, 6) is -3.23. The fourth-order valence-electron chi connectivity index (χ4n) is 4.30. The van der Waals surface area contributed by atoms with Crippen LogP contribution in [0.25, 0.3) is 11.1 Å². The van der Waals surface area contributed by atoms with Crippen molar-refractivity contribution in [1.82, 2.24) is 0 Å². The maximum atomic E-state index is 14.7. The largest absolute Gasteiger partial charge is 0.422 e. The molecule has 1 aliphatic carbocycles. The van der Waals surface area contributed by atoms with Crippen LogP contribution in [0.3, 0.4) is 0 Å². The van der Waals surface area contributed by atoms with Crippen LogP contribution in [0.2, 0.25) is 0 Å². The Balaban J connectivity index is 1.79. The Morgan fingerprint density at radius 3 is 2.00 bits per heavy atom. The Kier molecular flexibility index (Phi) is 6.59. The minimum atomic E-state index is -5.15. The second-order valence-electron chi connectivity index (χ2n) is 7.91. The lowest BCUT2D eigenvalue weighted by Crippen LogP contribution is -2.13. The average molecular weight is 414 g/mol. The molecule has 0 spiro atoms. The van der Waals surface area contributed by atoms with Gasteiger partial charge >= 0.3 is 6.18 Å². The summed E-state index contributed by atoms with van der Waals surface area (Å²) in [6.07, 6.45) is 2.61. The highest BCUT2D eigenvalue weighted by molar-refractivity contribution is 5.65. The van der Waals surface area contributed by atoms with Crippen LogP contribution in [-0.2, 0) is 6.18 Å². The predicted octanol–water partition coefficient (Wildman–Crippen LogP) is 8.25. The van der Waals surface area contributed by atoms with Gasteiger partial charge in [-0.1, -0.05) is 38.3 Å². The Morgan fingerprint density at radius 1 is 0.862 bits per heavy atom. The number of halogens is 6. The molecule has 0 amide bonds. The number of unbranched alkanes of at least 4 members (excludes halogenated alkanes) is 1. The van der Waals surface area contributed by atoms with Crippen LogP contribution in [0.4, 0.5) is 26.3 Å². The fourth-order valence-corrected chi connectivity index (χ4v) is 4.30. The smallest absolute Gasteiger partial charge is 0.206 e. The molecule has 6 heteroatoms. The number of alkyl halides is 3. The molecule has 0 aromatic heterocycles. The lowest BCUT2D eigenvalue weighted by Gasteiger charge is -2.29. The Morgan fingerprint density at radius 2 is 1.48 bits per heavy atom. The Hall–Kier alpha value is -1.98. The molecule has 0 heterocycles. The van der Waals surface area contributed by atoms with Gasteiger partial charge in [0.2, 0.25) is 0 Å². The lowest BCUT2D eigenvalue weighted by molar-refractivity contribution is -0.142. The summed E-state index contributed by atoms with van der Waals surface area (Å²) < 4.78 is 80.5. The van der Waals surface area contributed by atoms with Gasteiger partial charge in [-0.25, -0.2) is 13.2 Å². The number of benzene rings is 2. The second-order valence-corrected chi connectivity index (χ2v) is 7.91. The molecule has 1 saturated carbocycles. The van der Waals surface area contributed by atoms with E-state index in [0.717, 1.165) is 31.2 Å². The first-order valence-corrected chi connectivity index (χ1v) is 10.1. The molecule has 0 saturated heterocycles. The standard InChI is InChI=1S/C23H24F6/c1-2-3-4-14-5-7-15(8-6-14)16-9-10-18(19(24)11-16)17-12-20(25)22(21(26)13-17)23(27,28)29/h9-15H,2-8H2,1H3. The highest BCUT2D eigenvalue weighted by Gasteiger charge is 2.38. The predicted molar refractivity (Wildman–Crippen MR) is 101 cm³/mol.